The molecule has 6 heteroatoms. The van der Waals surface area contributed by atoms with Crippen molar-refractivity contribution >= 4 is 0 Å². The lowest BCUT2D eigenvalue weighted by molar-refractivity contribution is -0.0253. The Kier molecular flexibility index (Phi) is 4.48. The van der Waals surface area contributed by atoms with E-state index in [1.165, 1.54) is 0 Å². The molecule has 0 aliphatic carbocycles. The van der Waals surface area contributed by atoms with Crippen LogP contribution in [-0.4, -0.2) is 55.7 Å². The Morgan fingerprint density at radius 2 is 2.14 bits per heavy atom. The average Bonchev–Trinajstić information content (AvgIpc) is 2.94. The van der Waals surface area contributed by atoms with E-state index >= 15 is 0 Å². The Labute approximate surface area is 124 Å². The van der Waals surface area contributed by atoms with Crippen molar-refractivity contribution in [1.29, 1.82) is 0 Å². The third-order valence-corrected chi connectivity index (χ3v) is 3.93. The molecule has 3 rings (SSSR count). The number of hydrogen-bond donors (Lipinski definition) is 2. The number of ether oxygens (including phenoxy) is 3. The van der Waals surface area contributed by atoms with Gasteiger partial charge in [0, 0.05) is 37.8 Å². The maximum atomic E-state index is 9.98. The molecule has 0 aromatic heterocycles. The summed E-state index contributed by atoms with van der Waals surface area (Å²) in [5.74, 6) is 1.52. The lowest BCUT2D eigenvalue weighted by Gasteiger charge is -2.32. The monoisotopic (exact) mass is 294 g/mol. The summed E-state index contributed by atoms with van der Waals surface area (Å²) in [6.07, 6.45) is 0.204. The first kappa shape index (κ1) is 14.4. The van der Waals surface area contributed by atoms with Gasteiger partial charge in [0.25, 0.3) is 0 Å². The van der Waals surface area contributed by atoms with E-state index in [0.29, 0.717) is 18.0 Å². The zero-order chi connectivity index (χ0) is 14.7. The molecule has 2 heterocycles. The van der Waals surface area contributed by atoms with Crippen LogP contribution in [0.3, 0.4) is 0 Å². The molecular formula is C15H22N2O4. The molecule has 0 spiro atoms. The van der Waals surface area contributed by atoms with E-state index in [0.717, 1.165) is 38.3 Å². The normalized spacial score (nSPS) is 21.7. The number of rotatable bonds is 5. The van der Waals surface area contributed by atoms with Gasteiger partial charge in [0.2, 0.25) is 6.79 Å². The molecule has 6 nitrogen and oxygen atoms in total. The predicted octanol–water partition coefficient (Wildman–Crippen LogP) is 0.931. The zero-order valence-corrected chi connectivity index (χ0v) is 12.3. The fraction of sp³-hybridized carbons (Fsp3) is 0.600. The summed E-state index contributed by atoms with van der Waals surface area (Å²) in [4.78, 5) is 2.38. The molecule has 21 heavy (non-hydrogen) atoms. The van der Waals surface area contributed by atoms with Crippen molar-refractivity contribution in [1.82, 2.24) is 10.2 Å². The van der Waals surface area contributed by atoms with Crippen molar-refractivity contribution < 1.29 is 19.3 Å². The topological polar surface area (TPSA) is 63.2 Å². The van der Waals surface area contributed by atoms with E-state index in [4.69, 9.17) is 14.2 Å². The molecule has 1 saturated heterocycles. The summed E-state index contributed by atoms with van der Waals surface area (Å²) in [7, 11) is 0. The van der Waals surface area contributed by atoms with Crippen LogP contribution in [-0.2, 0) is 11.3 Å². The second-order valence-corrected chi connectivity index (χ2v) is 5.35. The van der Waals surface area contributed by atoms with Gasteiger partial charge in [-0.1, -0.05) is 6.92 Å². The first-order valence-electron chi connectivity index (χ1n) is 7.42. The zero-order valence-electron chi connectivity index (χ0n) is 12.3. The Morgan fingerprint density at radius 1 is 1.33 bits per heavy atom. The largest absolute Gasteiger partial charge is 0.507 e. The van der Waals surface area contributed by atoms with Crippen LogP contribution in [0, 0.1) is 0 Å². The van der Waals surface area contributed by atoms with Crippen LogP contribution in [0.2, 0.25) is 0 Å². The molecule has 1 aromatic rings. The van der Waals surface area contributed by atoms with Gasteiger partial charge in [-0.3, -0.25) is 4.90 Å². The highest BCUT2D eigenvalue weighted by Gasteiger charge is 2.20. The van der Waals surface area contributed by atoms with Crippen LogP contribution in [0.5, 0.6) is 17.2 Å². The summed E-state index contributed by atoms with van der Waals surface area (Å²) in [5, 5.41) is 13.3. The number of morpholine rings is 1. The van der Waals surface area contributed by atoms with Gasteiger partial charge in [0.05, 0.1) is 12.7 Å². The second kappa shape index (κ2) is 6.51. The summed E-state index contributed by atoms with van der Waals surface area (Å²) < 4.78 is 16.3. The minimum Gasteiger partial charge on any atom is -0.507 e. The first-order valence-corrected chi connectivity index (χ1v) is 7.42. The maximum Gasteiger partial charge on any atom is 0.231 e. The molecule has 0 amide bonds. The van der Waals surface area contributed by atoms with Gasteiger partial charge in [-0.15, -0.1) is 0 Å². The number of fused-ring (bicyclic) bond motifs is 1. The Bertz CT molecular complexity index is 495. The number of phenols is 1. The number of nitrogens with zero attached hydrogens (tertiary/aromatic N) is 1. The fourth-order valence-electron chi connectivity index (χ4n) is 2.67. The molecule has 2 N–H and O–H groups in total. The first-order chi connectivity index (χ1) is 10.3. The molecule has 1 atom stereocenters. The summed E-state index contributed by atoms with van der Waals surface area (Å²) in [6, 6.07) is 3.43. The minimum atomic E-state index is 0.204. The fourth-order valence-corrected chi connectivity index (χ4v) is 2.67. The molecule has 0 radical (unpaired) electrons. The van der Waals surface area contributed by atoms with Crippen molar-refractivity contribution in [3.63, 3.8) is 0 Å². The second-order valence-electron chi connectivity index (χ2n) is 5.35. The van der Waals surface area contributed by atoms with Crippen LogP contribution in [0.4, 0.5) is 0 Å². The Morgan fingerprint density at radius 3 is 2.95 bits per heavy atom. The minimum absolute atomic E-state index is 0.204. The van der Waals surface area contributed by atoms with Crippen molar-refractivity contribution in [3.05, 3.63) is 17.7 Å². The molecule has 116 valence electrons. The number of likely N-dealkylation sites (N-methyl/N-ethyl adjacent to an activating group) is 1. The number of benzene rings is 1. The van der Waals surface area contributed by atoms with Crippen LogP contribution in [0.1, 0.15) is 12.5 Å². The quantitative estimate of drug-likeness (QED) is 0.842. The number of phenolic OH excluding ortho intramolecular Hbond substituents is 1. The molecule has 1 aromatic carbocycles. The smallest absolute Gasteiger partial charge is 0.231 e. The molecule has 1 unspecified atom stereocenters. The van der Waals surface area contributed by atoms with Crippen molar-refractivity contribution in [2.45, 2.75) is 19.6 Å². The highest BCUT2D eigenvalue weighted by Crippen LogP contribution is 2.37. The van der Waals surface area contributed by atoms with Gasteiger partial charge in [-0.2, -0.15) is 0 Å². The van der Waals surface area contributed by atoms with Crippen molar-refractivity contribution in [3.8, 4) is 17.2 Å². The van der Waals surface area contributed by atoms with Gasteiger partial charge in [-0.05, 0) is 12.6 Å². The maximum absolute atomic E-state index is 9.98. The number of aromatic hydroxyl groups is 1. The molecule has 0 saturated carbocycles. The Balaban J connectivity index is 1.51. The number of hydrogen-bond acceptors (Lipinski definition) is 6. The van der Waals surface area contributed by atoms with Gasteiger partial charge < -0.3 is 24.6 Å². The third kappa shape index (κ3) is 3.40. The summed E-state index contributed by atoms with van der Waals surface area (Å²) in [5.41, 5.74) is 0.808. The van der Waals surface area contributed by atoms with Gasteiger partial charge >= 0.3 is 0 Å². The van der Waals surface area contributed by atoms with E-state index < -0.39 is 0 Å². The van der Waals surface area contributed by atoms with E-state index in [1.54, 1.807) is 6.07 Å². The van der Waals surface area contributed by atoms with Gasteiger partial charge in [0.1, 0.15) is 5.75 Å². The van der Waals surface area contributed by atoms with E-state index in [1.807, 2.05) is 6.07 Å². The predicted molar refractivity (Wildman–Crippen MR) is 77.8 cm³/mol. The standard InChI is InChI=1S/C15H22N2O4/c1-2-17-3-4-19-12(9-17)8-16-7-11-5-14-15(6-13(11)18)21-10-20-14/h5-6,12,16,18H,2-4,7-10H2,1H3. The van der Waals surface area contributed by atoms with Gasteiger partial charge in [0.15, 0.2) is 11.5 Å². The van der Waals surface area contributed by atoms with E-state index in [-0.39, 0.29) is 18.6 Å². The lowest BCUT2D eigenvalue weighted by Crippen LogP contribution is -2.46. The van der Waals surface area contributed by atoms with Crippen molar-refractivity contribution in [2.24, 2.45) is 0 Å². The SMILES string of the molecule is CCN1CCOC(CNCc2cc3c(cc2O)OCO3)C1. The van der Waals surface area contributed by atoms with Gasteiger partial charge in [-0.25, -0.2) is 0 Å². The highest BCUT2D eigenvalue weighted by molar-refractivity contribution is 5.51. The number of nitrogens with one attached hydrogen (secondary N) is 1. The Hall–Kier alpha value is -1.50. The third-order valence-electron chi connectivity index (χ3n) is 3.93. The van der Waals surface area contributed by atoms with E-state index in [9.17, 15) is 5.11 Å². The van der Waals surface area contributed by atoms with Crippen LogP contribution in [0.25, 0.3) is 0 Å². The van der Waals surface area contributed by atoms with E-state index in [2.05, 4.69) is 17.1 Å². The highest BCUT2D eigenvalue weighted by atomic mass is 16.7. The summed E-state index contributed by atoms with van der Waals surface area (Å²) in [6.45, 7) is 7.54. The molecule has 2 aliphatic heterocycles. The molecule has 0 bridgehead atoms. The average molecular weight is 294 g/mol. The molecular weight excluding hydrogens is 272 g/mol. The van der Waals surface area contributed by atoms with Crippen molar-refractivity contribution in [2.75, 3.05) is 39.6 Å². The molecule has 1 fully saturated rings. The molecule has 2 aliphatic rings. The van der Waals surface area contributed by atoms with Crippen LogP contribution >= 0.6 is 0 Å². The summed E-state index contributed by atoms with van der Waals surface area (Å²) >= 11 is 0. The lowest BCUT2D eigenvalue weighted by atomic mass is 10.1. The van der Waals surface area contributed by atoms with Crippen LogP contribution in [0.15, 0.2) is 12.1 Å². The van der Waals surface area contributed by atoms with Crippen LogP contribution < -0.4 is 14.8 Å².